The van der Waals surface area contributed by atoms with E-state index in [0.29, 0.717) is 10.6 Å². The highest BCUT2D eigenvalue weighted by Crippen LogP contribution is 2.35. The van der Waals surface area contributed by atoms with E-state index in [1.807, 2.05) is 12.1 Å². The Morgan fingerprint density at radius 3 is 2.65 bits per heavy atom. The SMILES string of the molecule is O=C(Nc1ccc2c3c(cccc13)CC2)c1cc(Br)ccc1Cl. The van der Waals surface area contributed by atoms with Crippen LogP contribution in [-0.4, -0.2) is 5.91 Å². The Bertz CT molecular complexity index is 941. The molecule has 0 unspecified atom stereocenters. The molecule has 4 rings (SSSR count). The van der Waals surface area contributed by atoms with Crippen LogP contribution in [0.25, 0.3) is 10.8 Å². The third-order valence-corrected chi connectivity index (χ3v) is 5.12. The van der Waals surface area contributed by atoms with Crippen LogP contribution < -0.4 is 5.32 Å². The molecule has 23 heavy (non-hydrogen) atoms. The van der Waals surface area contributed by atoms with E-state index in [-0.39, 0.29) is 5.91 Å². The second kappa shape index (κ2) is 5.66. The Morgan fingerprint density at radius 2 is 1.83 bits per heavy atom. The number of carbonyl (C=O) groups excluding carboxylic acids is 1. The van der Waals surface area contributed by atoms with Crippen LogP contribution in [0.3, 0.4) is 0 Å². The maximum Gasteiger partial charge on any atom is 0.257 e. The number of aryl methyl sites for hydroxylation is 2. The first kappa shape index (κ1) is 14.7. The molecule has 1 N–H and O–H groups in total. The highest BCUT2D eigenvalue weighted by Gasteiger charge is 2.18. The van der Waals surface area contributed by atoms with E-state index < -0.39 is 0 Å². The van der Waals surface area contributed by atoms with Crippen molar-refractivity contribution in [3.05, 3.63) is 74.7 Å². The molecule has 3 aromatic carbocycles. The van der Waals surface area contributed by atoms with Gasteiger partial charge in [-0.25, -0.2) is 0 Å². The van der Waals surface area contributed by atoms with E-state index in [4.69, 9.17) is 11.6 Å². The lowest BCUT2D eigenvalue weighted by Gasteiger charge is -2.11. The summed E-state index contributed by atoms with van der Waals surface area (Å²) in [7, 11) is 0. The molecule has 0 aromatic heterocycles. The molecule has 0 saturated heterocycles. The van der Waals surface area contributed by atoms with Crippen LogP contribution in [0.15, 0.2) is 53.0 Å². The van der Waals surface area contributed by atoms with Gasteiger partial charge < -0.3 is 5.32 Å². The van der Waals surface area contributed by atoms with Crippen molar-refractivity contribution < 1.29 is 4.79 Å². The second-order valence-corrected chi connectivity index (χ2v) is 7.01. The van der Waals surface area contributed by atoms with Crippen LogP contribution >= 0.6 is 27.5 Å². The number of amides is 1. The first-order chi connectivity index (χ1) is 11.1. The van der Waals surface area contributed by atoms with Crippen molar-refractivity contribution in [3.63, 3.8) is 0 Å². The number of hydrogen-bond acceptors (Lipinski definition) is 1. The van der Waals surface area contributed by atoms with Crippen molar-refractivity contribution in [2.45, 2.75) is 12.8 Å². The van der Waals surface area contributed by atoms with Crippen LogP contribution in [0.5, 0.6) is 0 Å². The third-order valence-electron chi connectivity index (χ3n) is 4.30. The molecular formula is C19H13BrClNO. The van der Waals surface area contributed by atoms with Crippen molar-refractivity contribution >= 4 is 49.9 Å². The average molecular weight is 387 g/mol. The topological polar surface area (TPSA) is 29.1 Å². The number of benzene rings is 3. The molecule has 0 heterocycles. The first-order valence-corrected chi connectivity index (χ1v) is 8.60. The zero-order valence-electron chi connectivity index (χ0n) is 12.2. The van der Waals surface area contributed by atoms with E-state index >= 15 is 0 Å². The molecule has 0 aliphatic heterocycles. The van der Waals surface area contributed by atoms with Crippen molar-refractivity contribution in [2.75, 3.05) is 5.32 Å². The molecule has 0 fully saturated rings. The average Bonchev–Trinajstić information content (AvgIpc) is 2.97. The molecule has 0 atom stereocenters. The monoisotopic (exact) mass is 385 g/mol. The third kappa shape index (κ3) is 2.54. The van der Waals surface area contributed by atoms with Crippen LogP contribution in [0.2, 0.25) is 5.02 Å². The zero-order valence-corrected chi connectivity index (χ0v) is 14.5. The van der Waals surface area contributed by atoms with Crippen LogP contribution in [-0.2, 0) is 12.8 Å². The van der Waals surface area contributed by atoms with Gasteiger partial charge in [0.1, 0.15) is 0 Å². The van der Waals surface area contributed by atoms with Crippen LogP contribution in [0, 0.1) is 0 Å². The number of nitrogens with one attached hydrogen (secondary N) is 1. The van der Waals surface area contributed by atoms with Crippen molar-refractivity contribution in [3.8, 4) is 0 Å². The van der Waals surface area contributed by atoms with Gasteiger partial charge in [0.05, 0.1) is 10.6 Å². The van der Waals surface area contributed by atoms with Gasteiger partial charge in [-0.05, 0) is 53.6 Å². The molecule has 1 amide bonds. The molecule has 1 aliphatic carbocycles. The molecule has 0 radical (unpaired) electrons. The molecule has 0 spiro atoms. The summed E-state index contributed by atoms with van der Waals surface area (Å²) < 4.78 is 0.826. The zero-order chi connectivity index (χ0) is 16.0. The molecule has 3 aromatic rings. The van der Waals surface area contributed by atoms with Gasteiger partial charge in [0.2, 0.25) is 0 Å². The maximum absolute atomic E-state index is 12.6. The largest absolute Gasteiger partial charge is 0.321 e. The van der Waals surface area contributed by atoms with Gasteiger partial charge in [-0.2, -0.15) is 0 Å². The van der Waals surface area contributed by atoms with Gasteiger partial charge in [-0.15, -0.1) is 0 Å². The predicted octanol–water partition coefficient (Wildman–Crippen LogP) is 5.61. The summed E-state index contributed by atoms with van der Waals surface area (Å²) in [5.41, 5.74) is 4.00. The fraction of sp³-hybridized carbons (Fsp3) is 0.105. The van der Waals surface area contributed by atoms with E-state index in [0.717, 1.165) is 28.4 Å². The van der Waals surface area contributed by atoms with E-state index in [1.165, 1.54) is 16.5 Å². The van der Waals surface area contributed by atoms with Crippen molar-refractivity contribution in [1.82, 2.24) is 0 Å². The molecule has 114 valence electrons. The minimum atomic E-state index is -0.199. The minimum Gasteiger partial charge on any atom is -0.321 e. The maximum atomic E-state index is 12.6. The molecule has 0 bridgehead atoms. The summed E-state index contributed by atoms with van der Waals surface area (Å²) in [4.78, 5) is 12.6. The van der Waals surface area contributed by atoms with Crippen molar-refractivity contribution in [1.29, 1.82) is 0 Å². The Labute approximate surface area is 147 Å². The fourth-order valence-electron chi connectivity index (χ4n) is 3.22. The van der Waals surface area contributed by atoms with Crippen molar-refractivity contribution in [2.24, 2.45) is 0 Å². The number of carbonyl (C=O) groups is 1. The first-order valence-electron chi connectivity index (χ1n) is 7.43. The summed E-state index contributed by atoms with van der Waals surface area (Å²) in [6.45, 7) is 0. The van der Waals surface area contributed by atoms with E-state index in [2.05, 4.69) is 45.5 Å². The minimum absolute atomic E-state index is 0.199. The quantitative estimate of drug-likeness (QED) is 0.609. The van der Waals surface area contributed by atoms with Gasteiger partial charge in [0.25, 0.3) is 5.91 Å². The number of anilines is 1. The molecule has 0 saturated carbocycles. The Kier molecular flexibility index (Phi) is 3.63. The second-order valence-electron chi connectivity index (χ2n) is 5.69. The van der Waals surface area contributed by atoms with Gasteiger partial charge in [-0.3, -0.25) is 4.79 Å². The lowest BCUT2D eigenvalue weighted by atomic mass is 10.0. The lowest BCUT2D eigenvalue weighted by Crippen LogP contribution is -2.13. The molecular weight excluding hydrogens is 374 g/mol. The highest BCUT2D eigenvalue weighted by atomic mass is 79.9. The summed E-state index contributed by atoms with van der Waals surface area (Å²) in [6, 6.07) is 15.6. The van der Waals surface area contributed by atoms with Gasteiger partial charge in [0, 0.05) is 15.5 Å². The summed E-state index contributed by atoms with van der Waals surface area (Å²) in [6.07, 6.45) is 2.14. The fourth-order valence-corrected chi connectivity index (χ4v) is 3.78. The van der Waals surface area contributed by atoms with Gasteiger partial charge >= 0.3 is 0 Å². The standard InChI is InChI=1S/C19H13BrClNO/c20-13-7-8-16(21)15(10-13)19(23)22-17-9-6-12-5-4-11-2-1-3-14(17)18(11)12/h1-3,6-10H,4-5H2,(H,22,23). The number of halogens is 2. The van der Waals surface area contributed by atoms with E-state index in [1.54, 1.807) is 12.1 Å². The normalized spacial score (nSPS) is 12.6. The van der Waals surface area contributed by atoms with Gasteiger partial charge in [-0.1, -0.05) is 51.8 Å². The summed E-state index contributed by atoms with van der Waals surface area (Å²) in [5.74, 6) is -0.199. The lowest BCUT2D eigenvalue weighted by molar-refractivity contribution is 0.102. The Balaban J connectivity index is 1.77. The number of hydrogen-bond donors (Lipinski definition) is 1. The molecule has 1 aliphatic rings. The predicted molar refractivity (Wildman–Crippen MR) is 98.5 cm³/mol. The van der Waals surface area contributed by atoms with E-state index in [9.17, 15) is 4.79 Å². The van der Waals surface area contributed by atoms with Crippen LogP contribution in [0.1, 0.15) is 21.5 Å². The van der Waals surface area contributed by atoms with Crippen LogP contribution in [0.4, 0.5) is 5.69 Å². The molecule has 2 nitrogen and oxygen atoms in total. The Hall–Kier alpha value is -1.84. The summed E-state index contributed by atoms with van der Waals surface area (Å²) in [5, 5.41) is 5.83. The number of rotatable bonds is 2. The van der Waals surface area contributed by atoms with Gasteiger partial charge in [0.15, 0.2) is 0 Å². The molecule has 4 heteroatoms. The highest BCUT2D eigenvalue weighted by molar-refractivity contribution is 9.10. The smallest absolute Gasteiger partial charge is 0.257 e. The summed E-state index contributed by atoms with van der Waals surface area (Å²) >= 11 is 9.53. The Morgan fingerprint density at radius 1 is 1.04 bits per heavy atom.